The first kappa shape index (κ1) is 34.3. The van der Waals surface area contributed by atoms with E-state index in [1.54, 1.807) is 69.0 Å². The van der Waals surface area contributed by atoms with Crippen molar-refractivity contribution in [1.29, 1.82) is 5.26 Å². The van der Waals surface area contributed by atoms with Gasteiger partial charge in [-0.3, -0.25) is 0 Å². The Kier molecular flexibility index (Phi) is 9.65. The molecule has 0 radical (unpaired) electrons. The third-order valence-electron chi connectivity index (χ3n) is 8.51. The van der Waals surface area contributed by atoms with Gasteiger partial charge in [-0.2, -0.15) is 27.9 Å². The van der Waals surface area contributed by atoms with Crippen molar-refractivity contribution in [3.63, 3.8) is 0 Å². The lowest BCUT2D eigenvalue weighted by Crippen LogP contribution is -2.56. The fourth-order valence-electron chi connectivity index (χ4n) is 5.83. The minimum Gasteiger partial charge on any atom is -0.497 e. The molecule has 0 saturated heterocycles. The Morgan fingerprint density at radius 3 is 2.08 bits per heavy atom. The van der Waals surface area contributed by atoms with Gasteiger partial charge in [0.05, 0.1) is 19.8 Å². The predicted octanol–water partition coefficient (Wildman–Crippen LogP) is 8.89. The molecule has 0 aliphatic carbocycles. The highest BCUT2D eigenvalue weighted by atomic mass is 32.1. The monoisotopic (exact) mass is 693 g/mol. The molecule has 11 heteroatoms. The third kappa shape index (κ3) is 7.06. The number of nitriles is 1. The molecule has 0 unspecified atom stereocenters. The van der Waals surface area contributed by atoms with E-state index in [-0.39, 0.29) is 17.0 Å². The molecule has 3 heterocycles. The van der Waals surface area contributed by atoms with E-state index in [0.29, 0.717) is 44.6 Å². The van der Waals surface area contributed by atoms with E-state index < -0.39 is 24.2 Å². The number of nitrogens with zero attached hydrogens (tertiary/aromatic N) is 4. The van der Waals surface area contributed by atoms with Crippen molar-refractivity contribution >= 4 is 28.7 Å². The summed E-state index contributed by atoms with van der Waals surface area (Å²) in [5.74, 6) is 7.20. The first-order valence-electron chi connectivity index (χ1n) is 15.6. The fourth-order valence-corrected chi connectivity index (χ4v) is 6.79. The molecule has 3 aromatic carbocycles. The van der Waals surface area contributed by atoms with E-state index in [4.69, 9.17) is 24.5 Å². The van der Waals surface area contributed by atoms with E-state index in [9.17, 15) is 13.2 Å². The molecule has 1 aliphatic rings. The average Bonchev–Trinajstić information content (AvgIpc) is 3.63. The molecule has 0 spiro atoms. The molecule has 5 aromatic rings. The smallest absolute Gasteiger partial charge is 0.425 e. The molecule has 0 saturated carbocycles. The van der Waals surface area contributed by atoms with Gasteiger partial charge in [0, 0.05) is 58.3 Å². The summed E-state index contributed by atoms with van der Waals surface area (Å²) in [6, 6.07) is 30.8. The molecule has 0 amide bonds. The number of rotatable bonds is 7. The van der Waals surface area contributed by atoms with Crippen LogP contribution in [0.2, 0.25) is 0 Å². The molecule has 0 N–H and O–H groups in total. The number of ether oxygens (including phenoxy) is 3. The van der Waals surface area contributed by atoms with Crippen LogP contribution in [0.25, 0.3) is 0 Å². The van der Waals surface area contributed by atoms with Crippen molar-refractivity contribution in [2.24, 2.45) is 4.99 Å². The maximum absolute atomic E-state index is 14.9. The van der Waals surface area contributed by atoms with Gasteiger partial charge in [-0.1, -0.05) is 36.3 Å². The summed E-state index contributed by atoms with van der Waals surface area (Å²) in [4.78, 5) is 9.92. The van der Waals surface area contributed by atoms with Crippen LogP contribution in [0.3, 0.4) is 0 Å². The van der Waals surface area contributed by atoms with Gasteiger partial charge in [0.25, 0.3) is 0 Å². The number of thiophene rings is 1. The van der Waals surface area contributed by atoms with Crippen LogP contribution in [0.1, 0.15) is 40.6 Å². The maximum Gasteiger partial charge on any atom is 0.425 e. The summed E-state index contributed by atoms with van der Waals surface area (Å²) in [7, 11) is 3.11. The van der Waals surface area contributed by atoms with Crippen LogP contribution in [-0.2, 0) is 16.8 Å². The number of aliphatic imine (C=N–C) groups is 1. The Morgan fingerprint density at radius 1 is 0.900 bits per heavy atom. The molecule has 50 heavy (non-hydrogen) atoms. The summed E-state index contributed by atoms with van der Waals surface area (Å²) in [6.07, 6.45) is -5.83. The molecule has 2 aromatic heterocycles. The second-order valence-electron chi connectivity index (χ2n) is 11.9. The number of alkyl halides is 3. The van der Waals surface area contributed by atoms with Gasteiger partial charge in [0.15, 0.2) is 0 Å². The van der Waals surface area contributed by atoms with E-state index in [0.717, 1.165) is 5.56 Å². The Labute approximate surface area is 292 Å². The van der Waals surface area contributed by atoms with Crippen LogP contribution >= 0.6 is 11.3 Å². The zero-order valence-corrected chi connectivity index (χ0v) is 28.3. The van der Waals surface area contributed by atoms with Crippen LogP contribution in [0, 0.1) is 23.2 Å². The van der Waals surface area contributed by atoms with Gasteiger partial charge < -0.3 is 14.2 Å². The Bertz CT molecular complexity index is 2030. The maximum atomic E-state index is 14.9. The molecule has 0 fully saturated rings. The summed E-state index contributed by atoms with van der Waals surface area (Å²) in [5, 5.41) is 10.8. The van der Waals surface area contributed by atoms with Crippen molar-refractivity contribution in [2.45, 2.75) is 37.7 Å². The SMILES string of the molecule is COc1ccc([N+](Cc2ccccc2)(C2=N[C@](C)(c3cc(C#Cc4ccc(C#N)cn4)cs3)C[C@@H](C(F)(F)F)O2)c2ccc(OC)cc2)cc1. The number of halogens is 3. The first-order valence-corrected chi connectivity index (χ1v) is 16.5. The van der Waals surface area contributed by atoms with Crippen molar-refractivity contribution in [3.8, 4) is 29.4 Å². The fraction of sp³-hybridized carbons (Fsp3) is 0.205. The number of hydrogen-bond donors (Lipinski definition) is 0. The summed E-state index contributed by atoms with van der Waals surface area (Å²) < 4.78 is 61.3. The van der Waals surface area contributed by atoms with Crippen molar-refractivity contribution in [2.75, 3.05) is 14.2 Å². The van der Waals surface area contributed by atoms with Crippen molar-refractivity contribution in [3.05, 3.63) is 136 Å². The van der Waals surface area contributed by atoms with Gasteiger partial charge in [0.1, 0.15) is 46.7 Å². The molecular weight excluding hydrogens is 662 g/mol. The van der Waals surface area contributed by atoms with Crippen molar-refractivity contribution in [1.82, 2.24) is 9.47 Å². The molecule has 2 atom stereocenters. The highest BCUT2D eigenvalue weighted by Crippen LogP contribution is 2.47. The van der Waals surface area contributed by atoms with Crippen LogP contribution in [0.5, 0.6) is 11.5 Å². The third-order valence-corrected chi connectivity index (χ3v) is 9.69. The minimum atomic E-state index is -4.69. The number of methoxy groups -OCH3 is 2. The zero-order valence-electron chi connectivity index (χ0n) is 27.4. The number of hydrogen-bond acceptors (Lipinski definition) is 7. The number of aromatic nitrogens is 1. The zero-order chi connectivity index (χ0) is 35.4. The molecular formula is C39H32F3N4O3S+. The lowest BCUT2D eigenvalue weighted by atomic mass is 9.91. The molecule has 7 nitrogen and oxygen atoms in total. The topological polar surface area (TPSA) is 76.7 Å². The lowest BCUT2D eigenvalue weighted by Gasteiger charge is -2.42. The van der Waals surface area contributed by atoms with Crippen LogP contribution in [0.4, 0.5) is 24.5 Å². The normalized spacial score (nSPS) is 17.4. The average molecular weight is 694 g/mol. The van der Waals surface area contributed by atoms with Crippen LogP contribution < -0.4 is 14.0 Å². The number of benzene rings is 3. The van der Waals surface area contributed by atoms with Gasteiger partial charge >= 0.3 is 12.2 Å². The Hall–Kier alpha value is -5.62. The molecule has 252 valence electrons. The van der Waals surface area contributed by atoms with E-state index in [2.05, 4.69) is 16.8 Å². The largest absolute Gasteiger partial charge is 0.497 e. The number of pyridine rings is 1. The summed E-state index contributed by atoms with van der Waals surface area (Å²) >= 11 is 1.29. The first-order chi connectivity index (χ1) is 24.1. The Morgan fingerprint density at radius 2 is 1.54 bits per heavy atom. The lowest BCUT2D eigenvalue weighted by molar-refractivity contribution is -0.209. The van der Waals surface area contributed by atoms with E-state index >= 15 is 0 Å². The van der Waals surface area contributed by atoms with Gasteiger partial charge in [-0.05, 0) is 55.3 Å². The van der Waals surface area contributed by atoms with Crippen molar-refractivity contribution < 1.29 is 27.4 Å². The van der Waals surface area contributed by atoms with Gasteiger partial charge in [0.2, 0.25) is 6.10 Å². The van der Waals surface area contributed by atoms with E-state index in [1.165, 1.54) is 17.5 Å². The van der Waals surface area contributed by atoms with E-state index in [1.807, 2.05) is 60.7 Å². The summed E-state index contributed by atoms with van der Waals surface area (Å²) in [6.45, 7) is 1.90. The van der Waals surface area contributed by atoms with Crippen LogP contribution in [-0.4, -0.2) is 37.5 Å². The second kappa shape index (κ2) is 14.1. The standard InChI is InChI=1S/C39H32F3N4O3S/c1-38(36-21-28(26-50-36)9-11-30-12-10-29(23-43)24-44-30)22-35(39(40,41)42)49-37(45-38)46(25-27-7-5-4-6-8-27,31-13-17-33(47-2)18-14-31)32-15-19-34(48-3)20-16-32/h4-8,10,12-21,24,26,35H,22,25H2,1-3H3/q+1/t35-,38-/m0/s1. The van der Waals surface area contributed by atoms with Crippen LogP contribution in [0.15, 0.2) is 114 Å². The Balaban J connectivity index is 1.54. The number of amidine groups is 1. The van der Waals surface area contributed by atoms with Gasteiger partial charge in [-0.15, -0.1) is 11.3 Å². The molecule has 1 aliphatic heterocycles. The highest BCUT2D eigenvalue weighted by molar-refractivity contribution is 7.10. The second-order valence-corrected chi connectivity index (χ2v) is 12.8. The highest BCUT2D eigenvalue weighted by Gasteiger charge is 2.56. The molecule has 0 bridgehead atoms. The molecule has 6 rings (SSSR count). The minimum absolute atomic E-state index is 0.108. The van der Waals surface area contributed by atoms with Gasteiger partial charge in [-0.25, -0.2) is 4.98 Å². The number of quaternary nitrogens is 1. The predicted molar refractivity (Wildman–Crippen MR) is 187 cm³/mol. The quantitative estimate of drug-likeness (QED) is 0.126. The summed E-state index contributed by atoms with van der Waals surface area (Å²) in [5.41, 5.74) is 2.26.